The number of carbonyl (C=O) groups is 2. The molecule has 0 saturated carbocycles. The van der Waals surface area contributed by atoms with Gasteiger partial charge in [-0.3, -0.25) is 4.79 Å². The molecule has 0 N–H and O–H groups in total. The van der Waals surface area contributed by atoms with E-state index in [0.717, 1.165) is 64.2 Å². The SMILES string of the molecule is C=CCCCCCCCC(=O)CC(CCCCCCCC(=O)[O-])CS(=O)(=O)[O-].[Na+].[Na+]. The number of hydrogen-bond donors (Lipinski definition) is 0. The van der Waals surface area contributed by atoms with Crippen LogP contribution in [0.4, 0.5) is 0 Å². The Kier molecular flexibility index (Phi) is 27.1. The van der Waals surface area contributed by atoms with Gasteiger partial charge in [-0.1, -0.05) is 51.0 Å². The molecule has 0 aromatic rings. The average Bonchev–Trinajstić information content (AvgIpc) is 2.58. The molecule has 0 fully saturated rings. The summed E-state index contributed by atoms with van der Waals surface area (Å²) in [6, 6.07) is 0. The van der Waals surface area contributed by atoms with Crippen LogP contribution in [-0.4, -0.2) is 30.5 Å². The quantitative estimate of drug-likeness (QED) is 0.0856. The van der Waals surface area contributed by atoms with E-state index >= 15 is 0 Å². The van der Waals surface area contributed by atoms with Gasteiger partial charge in [-0.15, -0.1) is 6.58 Å². The molecule has 0 heterocycles. The third-order valence-corrected chi connectivity index (χ3v) is 5.69. The van der Waals surface area contributed by atoms with E-state index in [0.29, 0.717) is 19.3 Å². The molecule has 0 aliphatic heterocycles. The first-order chi connectivity index (χ1) is 13.2. The summed E-state index contributed by atoms with van der Waals surface area (Å²) in [7, 11) is -4.35. The zero-order chi connectivity index (χ0) is 21.3. The van der Waals surface area contributed by atoms with Crippen LogP contribution in [0.15, 0.2) is 12.7 Å². The second kappa shape index (κ2) is 23.0. The number of allylic oxidation sites excluding steroid dienone is 1. The largest absolute Gasteiger partial charge is 1.00 e. The Bertz CT molecular complexity index is 552. The number of carbonyl (C=O) groups excluding carboxylic acids is 2. The van der Waals surface area contributed by atoms with E-state index < -0.39 is 27.8 Å². The smallest absolute Gasteiger partial charge is 0.748 e. The summed E-state index contributed by atoms with van der Waals surface area (Å²) in [5.74, 6) is -1.90. The maximum absolute atomic E-state index is 12.1. The summed E-state index contributed by atoms with van der Waals surface area (Å²) in [4.78, 5) is 22.5. The number of unbranched alkanes of at least 4 members (excludes halogenated alkanes) is 9. The molecule has 0 spiro atoms. The van der Waals surface area contributed by atoms with Gasteiger partial charge in [-0.25, -0.2) is 8.42 Å². The third kappa shape index (κ3) is 26.8. The first kappa shape index (κ1) is 35.4. The Morgan fingerprint density at radius 3 is 1.87 bits per heavy atom. The van der Waals surface area contributed by atoms with Crippen molar-refractivity contribution in [2.24, 2.45) is 5.92 Å². The van der Waals surface area contributed by atoms with Crippen LogP contribution < -0.4 is 64.2 Å². The van der Waals surface area contributed by atoms with Gasteiger partial charge in [0.2, 0.25) is 0 Å². The van der Waals surface area contributed by atoms with Gasteiger partial charge in [0.25, 0.3) is 0 Å². The van der Waals surface area contributed by atoms with Crippen LogP contribution in [0.1, 0.15) is 96.3 Å². The van der Waals surface area contributed by atoms with Crippen molar-refractivity contribution < 1.29 is 86.8 Å². The van der Waals surface area contributed by atoms with Crippen molar-refractivity contribution in [1.29, 1.82) is 0 Å². The molecule has 30 heavy (non-hydrogen) atoms. The fourth-order valence-electron chi connectivity index (χ4n) is 3.33. The zero-order valence-corrected chi connectivity index (χ0v) is 23.8. The van der Waals surface area contributed by atoms with E-state index in [4.69, 9.17) is 0 Å². The maximum Gasteiger partial charge on any atom is 1.00 e. The van der Waals surface area contributed by atoms with Crippen LogP contribution in [0.2, 0.25) is 0 Å². The minimum atomic E-state index is -4.35. The summed E-state index contributed by atoms with van der Waals surface area (Å²) < 4.78 is 33.3. The molecule has 0 rings (SSSR count). The average molecular weight is 463 g/mol. The Morgan fingerprint density at radius 1 is 0.833 bits per heavy atom. The second-order valence-corrected chi connectivity index (χ2v) is 9.06. The van der Waals surface area contributed by atoms with Gasteiger partial charge in [-0.2, -0.15) is 0 Å². The van der Waals surface area contributed by atoms with E-state index in [1.54, 1.807) is 0 Å². The van der Waals surface area contributed by atoms with E-state index in [9.17, 15) is 27.7 Å². The van der Waals surface area contributed by atoms with Crippen LogP contribution in [-0.2, 0) is 19.7 Å². The number of hydrogen-bond acceptors (Lipinski definition) is 6. The molecule has 0 saturated heterocycles. The van der Waals surface area contributed by atoms with Gasteiger partial charge < -0.3 is 14.5 Å². The van der Waals surface area contributed by atoms with E-state index in [1.165, 1.54) is 0 Å². The normalized spacial score (nSPS) is 11.8. The first-order valence-corrected chi connectivity index (χ1v) is 12.1. The van der Waals surface area contributed by atoms with Crippen molar-refractivity contribution in [3.63, 3.8) is 0 Å². The minimum Gasteiger partial charge on any atom is -0.748 e. The summed E-state index contributed by atoms with van der Waals surface area (Å²) >= 11 is 0. The first-order valence-electron chi connectivity index (χ1n) is 10.5. The molecule has 0 aliphatic rings. The van der Waals surface area contributed by atoms with Crippen LogP contribution >= 0.6 is 0 Å². The van der Waals surface area contributed by atoms with Crippen molar-refractivity contribution in [2.75, 3.05) is 5.75 Å². The van der Waals surface area contributed by atoms with E-state index in [1.807, 2.05) is 6.08 Å². The Morgan fingerprint density at radius 2 is 1.33 bits per heavy atom. The van der Waals surface area contributed by atoms with E-state index in [-0.39, 0.29) is 77.7 Å². The molecular weight excluding hydrogens is 426 g/mol. The number of carboxylic acids is 1. The van der Waals surface area contributed by atoms with Crippen molar-refractivity contribution >= 4 is 21.9 Å². The van der Waals surface area contributed by atoms with Crippen LogP contribution in [0.5, 0.6) is 0 Å². The van der Waals surface area contributed by atoms with Gasteiger partial charge in [-0.05, 0) is 44.4 Å². The molecule has 1 atom stereocenters. The Hall–Kier alpha value is 0.790. The Balaban J connectivity index is -0.00000364. The number of ketones is 1. The Labute approximate surface area is 227 Å². The zero-order valence-electron chi connectivity index (χ0n) is 19.0. The molecule has 0 aromatic heterocycles. The van der Waals surface area contributed by atoms with Gasteiger partial charge >= 0.3 is 59.1 Å². The molecule has 0 aliphatic carbocycles. The number of Topliss-reactive ketones (excluding diaryl/α,β-unsaturated/α-hetero) is 1. The van der Waals surface area contributed by atoms with Gasteiger partial charge in [0.05, 0.1) is 10.1 Å². The maximum atomic E-state index is 12.1. The number of rotatable bonds is 20. The van der Waals surface area contributed by atoms with Crippen LogP contribution in [0, 0.1) is 5.92 Å². The van der Waals surface area contributed by atoms with Gasteiger partial charge in [0.1, 0.15) is 5.78 Å². The summed E-state index contributed by atoms with van der Waals surface area (Å²) in [6.45, 7) is 3.68. The molecule has 0 bridgehead atoms. The molecule has 6 nitrogen and oxygen atoms in total. The van der Waals surface area contributed by atoms with Crippen LogP contribution in [0.3, 0.4) is 0 Å². The summed E-state index contributed by atoms with van der Waals surface area (Å²) in [6.07, 6.45) is 13.0. The molecule has 0 amide bonds. The molecule has 164 valence electrons. The van der Waals surface area contributed by atoms with Gasteiger partial charge in [0, 0.05) is 24.6 Å². The van der Waals surface area contributed by atoms with Crippen molar-refractivity contribution in [3.05, 3.63) is 12.7 Å². The fraction of sp³-hybridized carbons (Fsp3) is 0.810. The predicted octanol–water partition coefficient (Wildman–Crippen LogP) is -2.49. The minimum absolute atomic E-state index is 0. The molecule has 0 radical (unpaired) electrons. The van der Waals surface area contributed by atoms with Gasteiger partial charge in [0.15, 0.2) is 0 Å². The van der Waals surface area contributed by atoms with Crippen molar-refractivity contribution in [2.45, 2.75) is 96.3 Å². The number of aliphatic carboxylic acids is 1. The monoisotopic (exact) mass is 462 g/mol. The van der Waals surface area contributed by atoms with Crippen molar-refractivity contribution in [3.8, 4) is 0 Å². The molecule has 0 aromatic carbocycles. The topological polar surface area (TPSA) is 114 Å². The summed E-state index contributed by atoms with van der Waals surface area (Å²) in [5, 5.41) is 10.3. The third-order valence-electron chi connectivity index (χ3n) is 4.81. The number of carboxylic acid groups (broad SMARTS) is 1. The molecule has 9 heteroatoms. The standard InChI is InChI=1S/C21H38O6S.2Na/c1-2-3-4-5-6-9-12-15-20(22)17-19(18-28(25,26)27)14-11-8-7-10-13-16-21(23)24;;/h2,19H,1,3-18H2,(H,23,24)(H,25,26,27);;/q;2*+1/p-2. The fourth-order valence-corrected chi connectivity index (χ4v) is 4.19. The van der Waals surface area contributed by atoms with Crippen LogP contribution in [0.25, 0.3) is 0 Å². The molecule has 1 unspecified atom stereocenters. The predicted molar refractivity (Wildman–Crippen MR) is 108 cm³/mol. The molecular formula is C21H36Na2O6S. The van der Waals surface area contributed by atoms with Crippen molar-refractivity contribution in [1.82, 2.24) is 0 Å². The summed E-state index contributed by atoms with van der Waals surface area (Å²) in [5.41, 5.74) is 0. The van der Waals surface area contributed by atoms with E-state index in [2.05, 4.69) is 6.58 Å². The second-order valence-electron chi connectivity index (χ2n) is 7.61.